The van der Waals surface area contributed by atoms with Crippen LogP contribution in [0.4, 0.5) is 5.69 Å². The van der Waals surface area contributed by atoms with Crippen LogP contribution in [0.15, 0.2) is 47.5 Å². The molecule has 0 N–H and O–H groups in total. The quantitative estimate of drug-likeness (QED) is 0.452. The van der Waals surface area contributed by atoms with Gasteiger partial charge in [0, 0.05) is 28.9 Å². The van der Waals surface area contributed by atoms with Crippen LogP contribution >= 0.6 is 23.2 Å². The van der Waals surface area contributed by atoms with E-state index in [1.165, 1.54) is 22.5 Å². The molecule has 0 bridgehead atoms. The van der Waals surface area contributed by atoms with E-state index in [0.717, 1.165) is 16.9 Å². The summed E-state index contributed by atoms with van der Waals surface area (Å²) in [5.74, 6) is 0. The number of aryl methyl sites for hydroxylation is 3. The molecule has 4 heteroatoms. The van der Waals surface area contributed by atoms with Crippen molar-refractivity contribution in [3.63, 3.8) is 0 Å². The molecule has 0 aliphatic heterocycles. The first kappa shape index (κ1) is 17.8. The summed E-state index contributed by atoms with van der Waals surface area (Å²) >= 11 is 12.0. The van der Waals surface area contributed by atoms with E-state index < -0.39 is 0 Å². The number of aliphatic imine (C=N–C) groups is 1. The molecule has 0 unspecified atom stereocenters. The summed E-state index contributed by atoms with van der Waals surface area (Å²) in [5.41, 5.74) is 7.90. The van der Waals surface area contributed by atoms with Crippen LogP contribution in [-0.4, -0.2) is 10.8 Å². The van der Waals surface area contributed by atoms with Gasteiger partial charge in [-0.1, -0.05) is 29.3 Å². The molecule has 0 spiro atoms. The van der Waals surface area contributed by atoms with E-state index in [4.69, 9.17) is 23.2 Å². The lowest BCUT2D eigenvalue weighted by atomic mass is 10.1. The molecule has 3 rings (SSSR count). The molecule has 25 heavy (non-hydrogen) atoms. The van der Waals surface area contributed by atoms with Gasteiger partial charge in [0.15, 0.2) is 0 Å². The van der Waals surface area contributed by atoms with Gasteiger partial charge in [-0.2, -0.15) is 0 Å². The molecule has 2 nitrogen and oxygen atoms in total. The lowest BCUT2D eigenvalue weighted by Gasteiger charge is -2.11. The Morgan fingerprint density at radius 2 is 1.52 bits per heavy atom. The lowest BCUT2D eigenvalue weighted by Crippen LogP contribution is -2.00. The average Bonchev–Trinajstić information content (AvgIpc) is 2.81. The minimum atomic E-state index is 0.511. The van der Waals surface area contributed by atoms with Crippen LogP contribution in [0.3, 0.4) is 0 Å². The van der Waals surface area contributed by atoms with Gasteiger partial charge >= 0.3 is 0 Å². The Hall–Kier alpha value is -2.03. The zero-order valence-corrected chi connectivity index (χ0v) is 16.3. The van der Waals surface area contributed by atoms with Gasteiger partial charge in [-0.15, -0.1) is 0 Å². The van der Waals surface area contributed by atoms with Crippen molar-refractivity contribution in [3.8, 4) is 5.69 Å². The number of rotatable bonds is 3. The number of benzene rings is 2. The molecule has 1 heterocycles. The maximum atomic E-state index is 6.06. The van der Waals surface area contributed by atoms with E-state index >= 15 is 0 Å². The van der Waals surface area contributed by atoms with Crippen molar-refractivity contribution < 1.29 is 0 Å². The van der Waals surface area contributed by atoms with E-state index in [0.29, 0.717) is 10.0 Å². The van der Waals surface area contributed by atoms with E-state index in [1.807, 2.05) is 12.3 Å². The molecule has 0 aliphatic carbocycles. The molecule has 0 saturated carbocycles. The Kier molecular flexibility index (Phi) is 5.03. The normalized spacial score (nSPS) is 11.4. The topological polar surface area (TPSA) is 17.3 Å². The summed E-state index contributed by atoms with van der Waals surface area (Å²) in [5, 5.41) is 1.05. The van der Waals surface area contributed by atoms with Gasteiger partial charge in [-0.3, -0.25) is 4.99 Å². The Balaban J connectivity index is 1.99. The molecule has 0 fully saturated rings. The zero-order chi connectivity index (χ0) is 18.1. The molecular weight excluding hydrogens is 351 g/mol. The smallest absolute Gasteiger partial charge is 0.0645 e. The minimum absolute atomic E-state index is 0.511. The summed E-state index contributed by atoms with van der Waals surface area (Å²) in [7, 11) is 0. The fourth-order valence-electron chi connectivity index (χ4n) is 3.10. The van der Waals surface area contributed by atoms with E-state index in [9.17, 15) is 0 Å². The summed E-state index contributed by atoms with van der Waals surface area (Å²) < 4.78 is 2.26. The van der Waals surface area contributed by atoms with Crippen molar-refractivity contribution in [1.29, 1.82) is 0 Å². The Labute approximate surface area is 158 Å². The molecule has 0 atom stereocenters. The Morgan fingerprint density at radius 1 is 0.840 bits per heavy atom. The summed E-state index contributed by atoms with van der Waals surface area (Å²) in [4.78, 5) is 4.54. The van der Waals surface area contributed by atoms with Crippen LogP contribution in [0.25, 0.3) is 5.69 Å². The highest BCUT2D eigenvalue weighted by atomic mass is 35.5. The second-order valence-corrected chi connectivity index (χ2v) is 7.18. The first-order valence-electron chi connectivity index (χ1n) is 8.12. The average molecular weight is 371 g/mol. The van der Waals surface area contributed by atoms with Crippen molar-refractivity contribution in [2.45, 2.75) is 27.7 Å². The largest absolute Gasteiger partial charge is 0.318 e. The van der Waals surface area contributed by atoms with Crippen LogP contribution in [0.5, 0.6) is 0 Å². The van der Waals surface area contributed by atoms with Gasteiger partial charge in [0.2, 0.25) is 0 Å². The fourth-order valence-corrected chi connectivity index (χ4v) is 3.40. The van der Waals surface area contributed by atoms with Gasteiger partial charge in [0.05, 0.1) is 15.7 Å². The molecule has 0 radical (unpaired) electrons. The Bertz CT molecular complexity index is 948. The molecule has 0 saturated heterocycles. The van der Waals surface area contributed by atoms with Crippen molar-refractivity contribution in [2.75, 3.05) is 0 Å². The van der Waals surface area contributed by atoms with Crippen LogP contribution in [0.1, 0.15) is 28.1 Å². The maximum absolute atomic E-state index is 6.06. The third-order valence-electron chi connectivity index (χ3n) is 4.19. The summed E-state index contributed by atoms with van der Waals surface area (Å²) in [6, 6.07) is 14.1. The third-order valence-corrected chi connectivity index (χ3v) is 4.93. The SMILES string of the molecule is Cc1cc(C)cc(-n2c(C)cc(C=Nc3ccc(Cl)c(Cl)c3)c2C)c1. The highest BCUT2D eigenvalue weighted by Gasteiger charge is 2.10. The molecular formula is C21H20Cl2N2. The number of nitrogens with zero attached hydrogens (tertiary/aromatic N) is 2. The third kappa shape index (κ3) is 3.81. The molecule has 128 valence electrons. The van der Waals surface area contributed by atoms with E-state index in [-0.39, 0.29) is 0 Å². The minimum Gasteiger partial charge on any atom is -0.318 e. The number of hydrogen-bond acceptors (Lipinski definition) is 1. The van der Waals surface area contributed by atoms with E-state index in [2.05, 4.69) is 61.5 Å². The maximum Gasteiger partial charge on any atom is 0.0645 e. The van der Waals surface area contributed by atoms with E-state index in [1.54, 1.807) is 12.1 Å². The molecule has 3 aromatic rings. The van der Waals surface area contributed by atoms with Crippen LogP contribution in [0.2, 0.25) is 10.0 Å². The van der Waals surface area contributed by atoms with Gasteiger partial charge in [-0.05, 0) is 75.2 Å². The van der Waals surface area contributed by atoms with Crippen LogP contribution in [-0.2, 0) is 0 Å². The standard InChI is InChI=1S/C21H20Cl2N2/c1-13-7-14(2)9-19(8-13)25-15(3)10-17(16(25)4)12-24-18-5-6-20(22)21(23)11-18/h5-12H,1-4H3. The highest BCUT2D eigenvalue weighted by molar-refractivity contribution is 6.42. The second kappa shape index (κ2) is 7.07. The lowest BCUT2D eigenvalue weighted by molar-refractivity contribution is 0.960. The molecule has 1 aromatic heterocycles. The highest BCUT2D eigenvalue weighted by Crippen LogP contribution is 2.27. The first-order chi connectivity index (χ1) is 11.8. The Morgan fingerprint density at radius 3 is 2.16 bits per heavy atom. The van der Waals surface area contributed by atoms with Crippen molar-refractivity contribution in [3.05, 3.63) is 80.6 Å². The van der Waals surface area contributed by atoms with Crippen LogP contribution < -0.4 is 0 Å². The van der Waals surface area contributed by atoms with Crippen molar-refractivity contribution in [2.24, 2.45) is 4.99 Å². The predicted molar refractivity (Wildman–Crippen MR) is 108 cm³/mol. The molecule has 2 aromatic carbocycles. The fraction of sp³-hybridized carbons (Fsp3) is 0.190. The number of aromatic nitrogens is 1. The summed E-state index contributed by atoms with van der Waals surface area (Å²) in [6.45, 7) is 8.47. The zero-order valence-electron chi connectivity index (χ0n) is 14.8. The summed E-state index contributed by atoms with van der Waals surface area (Å²) in [6.07, 6.45) is 1.88. The van der Waals surface area contributed by atoms with Crippen molar-refractivity contribution in [1.82, 2.24) is 4.57 Å². The number of halogens is 2. The van der Waals surface area contributed by atoms with Gasteiger partial charge < -0.3 is 4.57 Å². The number of hydrogen-bond donors (Lipinski definition) is 0. The molecule has 0 aliphatic rings. The van der Waals surface area contributed by atoms with Gasteiger partial charge in [0.1, 0.15) is 0 Å². The molecule has 0 amide bonds. The monoisotopic (exact) mass is 370 g/mol. The van der Waals surface area contributed by atoms with Crippen LogP contribution in [0, 0.1) is 27.7 Å². The van der Waals surface area contributed by atoms with Crippen molar-refractivity contribution >= 4 is 35.1 Å². The second-order valence-electron chi connectivity index (χ2n) is 6.36. The van der Waals surface area contributed by atoms with Gasteiger partial charge in [0.25, 0.3) is 0 Å². The predicted octanol–water partition coefficient (Wildman–Crippen LogP) is 6.77. The van der Waals surface area contributed by atoms with Gasteiger partial charge in [-0.25, -0.2) is 0 Å². The first-order valence-corrected chi connectivity index (χ1v) is 8.87.